The molecule has 0 unspecified atom stereocenters. The molecule has 0 saturated carbocycles. The fourth-order valence-electron chi connectivity index (χ4n) is 2.00. The highest BCUT2D eigenvalue weighted by molar-refractivity contribution is 7.92. The largest absolute Gasteiger partial charge is 0.454 e. The van der Waals surface area contributed by atoms with Crippen LogP contribution in [0, 0.1) is 10.1 Å². The van der Waals surface area contributed by atoms with Gasteiger partial charge in [0.05, 0.1) is 21.2 Å². The lowest BCUT2D eigenvalue weighted by Crippen LogP contribution is -2.14. The Morgan fingerprint density at radius 2 is 1.74 bits per heavy atom. The number of hydrogen-bond donors (Lipinski definition) is 2. The molecule has 3 N–H and O–H groups in total. The topological polar surface area (TPSA) is 134 Å². The summed E-state index contributed by atoms with van der Waals surface area (Å²) in [5, 5.41) is 10.6. The Kier molecular flexibility index (Phi) is 3.45. The van der Waals surface area contributed by atoms with E-state index in [1.54, 1.807) is 0 Å². The van der Waals surface area contributed by atoms with Crippen molar-refractivity contribution in [3.05, 3.63) is 46.5 Å². The first-order valence-corrected chi connectivity index (χ1v) is 7.81. The van der Waals surface area contributed by atoms with E-state index in [1.807, 2.05) is 0 Å². The van der Waals surface area contributed by atoms with Gasteiger partial charge in [0.1, 0.15) is 0 Å². The maximum atomic E-state index is 12.3. The molecule has 1 aliphatic heterocycles. The standard InChI is InChI=1S/C13H11N3O6S/c14-10-5-12-13(22-7-21-12)6-11(10)15-23(19,20)9-3-1-8(2-4-9)16(17)18/h1-6,15H,7,14H2. The summed E-state index contributed by atoms with van der Waals surface area (Å²) in [5.74, 6) is 0.807. The van der Waals surface area contributed by atoms with Crippen molar-refractivity contribution in [3.63, 3.8) is 0 Å². The third-order valence-electron chi connectivity index (χ3n) is 3.15. The maximum absolute atomic E-state index is 12.3. The van der Waals surface area contributed by atoms with Crippen molar-refractivity contribution in [1.82, 2.24) is 0 Å². The monoisotopic (exact) mass is 337 g/mol. The van der Waals surface area contributed by atoms with Crippen molar-refractivity contribution in [2.45, 2.75) is 4.90 Å². The lowest BCUT2D eigenvalue weighted by molar-refractivity contribution is -0.384. The number of anilines is 2. The summed E-state index contributed by atoms with van der Waals surface area (Å²) < 4.78 is 37.3. The first-order valence-electron chi connectivity index (χ1n) is 6.33. The number of benzene rings is 2. The first-order chi connectivity index (χ1) is 10.9. The van der Waals surface area contributed by atoms with Crippen LogP contribution in [0.2, 0.25) is 0 Å². The Hall–Kier alpha value is -3.01. The molecule has 2 aromatic carbocycles. The molecule has 23 heavy (non-hydrogen) atoms. The molecule has 1 heterocycles. The molecule has 0 aromatic heterocycles. The molecule has 1 aliphatic rings. The van der Waals surface area contributed by atoms with E-state index in [0.29, 0.717) is 11.5 Å². The average molecular weight is 337 g/mol. The van der Waals surface area contributed by atoms with Crippen LogP contribution in [0.25, 0.3) is 0 Å². The van der Waals surface area contributed by atoms with Gasteiger partial charge in [-0.2, -0.15) is 0 Å². The van der Waals surface area contributed by atoms with Crippen molar-refractivity contribution in [1.29, 1.82) is 0 Å². The minimum absolute atomic E-state index is 0.0350. The Labute approximate surface area is 130 Å². The van der Waals surface area contributed by atoms with Gasteiger partial charge in [0, 0.05) is 24.3 Å². The number of nitrogens with two attached hydrogens (primary N) is 1. The van der Waals surface area contributed by atoms with Crippen LogP contribution in [0.4, 0.5) is 17.1 Å². The smallest absolute Gasteiger partial charge is 0.269 e. The zero-order valence-corrected chi connectivity index (χ0v) is 12.4. The number of nitrogen functional groups attached to an aromatic ring is 1. The molecule has 0 spiro atoms. The molecule has 0 amide bonds. The summed E-state index contributed by atoms with van der Waals surface area (Å²) in [6.45, 7) is 0.0350. The molecule has 10 heteroatoms. The fraction of sp³-hybridized carbons (Fsp3) is 0.0769. The van der Waals surface area contributed by atoms with Crippen LogP contribution in [0.3, 0.4) is 0 Å². The van der Waals surface area contributed by atoms with Crippen LogP contribution in [0.15, 0.2) is 41.3 Å². The summed E-state index contributed by atoms with van der Waals surface area (Å²) in [6.07, 6.45) is 0. The minimum atomic E-state index is -3.94. The zero-order chi connectivity index (χ0) is 16.6. The summed E-state index contributed by atoms with van der Waals surface area (Å²) in [6, 6.07) is 7.37. The van der Waals surface area contributed by atoms with Crippen LogP contribution in [0.1, 0.15) is 0 Å². The van der Waals surface area contributed by atoms with Gasteiger partial charge in [-0.15, -0.1) is 0 Å². The number of nitro groups is 1. The molecule has 0 radical (unpaired) electrons. The van der Waals surface area contributed by atoms with E-state index in [-0.39, 0.29) is 28.8 Å². The van der Waals surface area contributed by atoms with Gasteiger partial charge in [-0.25, -0.2) is 8.42 Å². The van der Waals surface area contributed by atoms with Crippen molar-refractivity contribution in [2.24, 2.45) is 0 Å². The molecular formula is C13H11N3O6S. The Morgan fingerprint density at radius 3 is 2.35 bits per heavy atom. The van der Waals surface area contributed by atoms with E-state index in [2.05, 4.69) is 4.72 Å². The summed E-state index contributed by atoms with van der Waals surface area (Å²) in [5.41, 5.74) is 5.89. The van der Waals surface area contributed by atoms with Gasteiger partial charge in [-0.1, -0.05) is 0 Å². The zero-order valence-electron chi connectivity index (χ0n) is 11.6. The third-order valence-corrected chi connectivity index (χ3v) is 4.53. The molecule has 2 aromatic rings. The van der Waals surface area contributed by atoms with Gasteiger partial charge in [-0.05, 0) is 12.1 Å². The van der Waals surface area contributed by atoms with Gasteiger partial charge >= 0.3 is 0 Å². The molecule has 0 saturated heterocycles. The highest BCUT2D eigenvalue weighted by Gasteiger charge is 2.21. The maximum Gasteiger partial charge on any atom is 0.269 e. The van der Waals surface area contributed by atoms with Crippen molar-refractivity contribution in [3.8, 4) is 11.5 Å². The highest BCUT2D eigenvalue weighted by Crippen LogP contribution is 2.39. The first kappa shape index (κ1) is 14.9. The number of non-ortho nitro benzene ring substituents is 1. The number of rotatable bonds is 4. The number of nitrogens with one attached hydrogen (secondary N) is 1. The number of sulfonamides is 1. The van der Waals surface area contributed by atoms with Crippen molar-refractivity contribution < 1.29 is 22.8 Å². The second-order valence-electron chi connectivity index (χ2n) is 4.65. The predicted molar refractivity (Wildman–Crippen MR) is 80.9 cm³/mol. The van der Waals surface area contributed by atoms with E-state index < -0.39 is 14.9 Å². The molecule has 120 valence electrons. The van der Waals surface area contributed by atoms with Crippen LogP contribution in [0.5, 0.6) is 11.5 Å². The highest BCUT2D eigenvalue weighted by atomic mass is 32.2. The van der Waals surface area contributed by atoms with E-state index in [9.17, 15) is 18.5 Å². The quantitative estimate of drug-likeness (QED) is 0.492. The summed E-state index contributed by atoms with van der Waals surface area (Å²) in [4.78, 5) is 9.87. The van der Waals surface area contributed by atoms with Crippen molar-refractivity contribution in [2.75, 3.05) is 17.2 Å². The SMILES string of the molecule is Nc1cc2c(cc1NS(=O)(=O)c1ccc([N+](=O)[O-])cc1)OCO2. The van der Waals surface area contributed by atoms with Gasteiger partial charge in [0.15, 0.2) is 11.5 Å². The van der Waals surface area contributed by atoms with Gasteiger partial charge in [-0.3, -0.25) is 14.8 Å². The Bertz CT molecular complexity index is 879. The van der Waals surface area contributed by atoms with Crippen molar-refractivity contribution >= 4 is 27.1 Å². The number of ether oxygens (including phenoxy) is 2. The van der Waals surface area contributed by atoms with E-state index in [1.165, 1.54) is 12.1 Å². The lowest BCUT2D eigenvalue weighted by Gasteiger charge is -2.11. The molecule has 0 aliphatic carbocycles. The van der Waals surface area contributed by atoms with Gasteiger partial charge < -0.3 is 15.2 Å². The normalized spacial score (nSPS) is 12.9. The van der Waals surface area contributed by atoms with Crippen LogP contribution >= 0.6 is 0 Å². The molecule has 9 nitrogen and oxygen atoms in total. The summed E-state index contributed by atoms with van der Waals surface area (Å²) in [7, 11) is -3.94. The van der Waals surface area contributed by atoms with E-state index >= 15 is 0 Å². The van der Waals surface area contributed by atoms with Gasteiger partial charge in [0.2, 0.25) is 6.79 Å². The lowest BCUT2D eigenvalue weighted by atomic mass is 10.2. The van der Waals surface area contributed by atoms with Gasteiger partial charge in [0.25, 0.3) is 15.7 Å². The number of fused-ring (bicyclic) bond motifs is 1. The number of nitrogens with zero attached hydrogens (tertiary/aromatic N) is 1. The number of nitro benzene ring substituents is 1. The number of hydrogen-bond acceptors (Lipinski definition) is 7. The van der Waals surface area contributed by atoms with E-state index in [0.717, 1.165) is 24.3 Å². The fourth-order valence-corrected chi connectivity index (χ4v) is 3.08. The molecule has 0 bridgehead atoms. The molecule has 0 fully saturated rings. The second-order valence-corrected chi connectivity index (χ2v) is 6.33. The molecule has 0 atom stereocenters. The second kappa shape index (κ2) is 5.32. The Morgan fingerprint density at radius 1 is 1.13 bits per heavy atom. The average Bonchev–Trinajstić information content (AvgIpc) is 2.94. The van der Waals surface area contributed by atoms with Crippen LogP contribution < -0.4 is 19.9 Å². The molecule has 3 rings (SSSR count). The van der Waals surface area contributed by atoms with Crippen LogP contribution in [-0.2, 0) is 10.0 Å². The predicted octanol–water partition coefficient (Wildman–Crippen LogP) is 1.71. The molecular weight excluding hydrogens is 326 g/mol. The third kappa shape index (κ3) is 2.83. The Balaban J connectivity index is 1.91. The summed E-state index contributed by atoms with van der Waals surface area (Å²) >= 11 is 0. The van der Waals surface area contributed by atoms with Crippen LogP contribution in [-0.4, -0.2) is 20.1 Å². The van der Waals surface area contributed by atoms with E-state index in [4.69, 9.17) is 15.2 Å². The minimum Gasteiger partial charge on any atom is -0.454 e.